The van der Waals surface area contributed by atoms with Gasteiger partial charge in [0.1, 0.15) is 5.82 Å². The average Bonchev–Trinajstić information content (AvgIpc) is 3.15. The van der Waals surface area contributed by atoms with Gasteiger partial charge in [-0.1, -0.05) is 0 Å². The number of benzene rings is 1. The van der Waals surface area contributed by atoms with Crippen molar-refractivity contribution in [2.75, 3.05) is 13.1 Å². The van der Waals surface area contributed by atoms with Crippen molar-refractivity contribution < 1.29 is 9.18 Å². The number of carbonyl (C=O) groups is 1. The highest BCUT2D eigenvalue weighted by Crippen LogP contribution is 2.35. The van der Waals surface area contributed by atoms with Crippen LogP contribution in [0.2, 0.25) is 0 Å². The summed E-state index contributed by atoms with van der Waals surface area (Å²) in [6.45, 7) is 1.68. The smallest absolute Gasteiger partial charge is 0.224 e. The molecule has 0 saturated carbocycles. The van der Waals surface area contributed by atoms with Crippen LogP contribution in [0.3, 0.4) is 0 Å². The van der Waals surface area contributed by atoms with Crippen LogP contribution in [0.15, 0.2) is 18.2 Å². The van der Waals surface area contributed by atoms with Crippen LogP contribution in [0.5, 0.6) is 0 Å². The maximum atomic E-state index is 13.5. The number of fused-ring (bicyclic) bond motifs is 3. The predicted molar refractivity (Wildman–Crippen MR) is 83.1 cm³/mol. The summed E-state index contributed by atoms with van der Waals surface area (Å²) in [4.78, 5) is 15.8. The van der Waals surface area contributed by atoms with E-state index in [2.05, 4.69) is 15.6 Å². The zero-order valence-electron chi connectivity index (χ0n) is 12.4. The van der Waals surface area contributed by atoms with Crippen LogP contribution in [0, 0.1) is 11.7 Å². The molecule has 0 spiro atoms. The summed E-state index contributed by atoms with van der Waals surface area (Å²) >= 11 is 0. The topological polar surface area (TPSA) is 56.9 Å². The van der Waals surface area contributed by atoms with Crippen molar-refractivity contribution in [3.8, 4) is 0 Å². The maximum absolute atomic E-state index is 13.5. The summed E-state index contributed by atoms with van der Waals surface area (Å²) in [5.74, 6) is -0.00243. The summed E-state index contributed by atoms with van der Waals surface area (Å²) in [6.07, 6.45) is 3.80. The van der Waals surface area contributed by atoms with Gasteiger partial charge >= 0.3 is 0 Å². The molecular weight excluding hydrogens is 281 g/mol. The van der Waals surface area contributed by atoms with Gasteiger partial charge in [0.2, 0.25) is 5.91 Å². The average molecular weight is 301 g/mol. The fourth-order valence-electron chi connectivity index (χ4n) is 3.75. The molecule has 1 aromatic heterocycles. The molecule has 2 heterocycles. The number of amides is 1. The summed E-state index contributed by atoms with van der Waals surface area (Å²) in [7, 11) is 0. The highest BCUT2D eigenvalue weighted by atomic mass is 19.1. The first kappa shape index (κ1) is 13.8. The number of aromatic amines is 1. The fraction of sp³-hybridized carbons (Fsp3) is 0.471. The SMILES string of the molecule is O=C(NC1CCCc2c1[nH]c1ccc(F)cc21)C1CCNC1. The quantitative estimate of drug-likeness (QED) is 0.798. The number of hydrogen-bond donors (Lipinski definition) is 3. The Labute approximate surface area is 128 Å². The molecule has 2 aliphatic rings. The van der Waals surface area contributed by atoms with Gasteiger partial charge in [-0.25, -0.2) is 4.39 Å². The van der Waals surface area contributed by atoms with Crippen molar-refractivity contribution in [1.82, 2.24) is 15.6 Å². The maximum Gasteiger partial charge on any atom is 0.224 e. The van der Waals surface area contributed by atoms with E-state index in [1.54, 1.807) is 12.1 Å². The highest BCUT2D eigenvalue weighted by Gasteiger charge is 2.29. The molecule has 0 bridgehead atoms. The van der Waals surface area contributed by atoms with E-state index in [-0.39, 0.29) is 23.7 Å². The molecule has 1 aliphatic heterocycles. The minimum Gasteiger partial charge on any atom is -0.356 e. The normalized spacial score (nSPS) is 24.4. The third kappa shape index (κ3) is 2.29. The molecule has 2 aromatic rings. The standard InChI is InChI=1S/C17H20FN3O/c18-11-4-5-14-13(8-11)12-2-1-3-15(16(12)20-14)21-17(22)10-6-7-19-9-10/h4-5,8,10,15,19-20H,1-3,6-7,9H2,(H,21,22). The number of H-pyrrole nitrogens is 1. The van der Waals surface area contributed by atoms with Crippen molar-refractivity contribution in [3.63, 3.8) is 0 Å². The van der Waals surface area contributed by atoms with Gasteiger partial charge in [0, 0.05) is 23.1 Å². The Bertz CT molecular complexity index is 718. The lowest BCUT2D eigenvalue weighted by molar-refractivity contribution is -0.125. The van der Waals surface area contributed by atoms with Crippen LogP contribution in [0.4, 0.5) is 4.39 Å². The first-order valence-corrected chi connectivity index (χ1v) is 8.03. The highest BCUT2D eigenvalue weighted by molar-refractivity contribution is 5.86. The number of carbonyl (C=O) groups excluding carboxylic acids is 1. The molecular formula is C17H20FN3O. The van der Waals surface area contributed by atoms with Crippen LogP contribution in [0.25, 0.3) is 10.9 Å². The molecule has 5 heteroatoms. The zero-order valence-corrected chi connectivity index (χ0v) is 12.4. The van der Waals surface area contributed by atoms with Crippen LogP contribution in [-0.4, -0.2) is 24.0 Å². The molecule has 116 valence electrons. The summed E-state index contributed by atoms with van der Waals surface area (Å²) in [5, 5.41) is 7.37. The van der Waals surface area contributed by atoms with Crippen molar-refractivity contribution in [3.05, 3.63) is 35.3 Å². The molecule has 2 atom stereocenters. The molecule has 1 amide bonds. The summed E-state index contributed by atoms with van der Waals surface area (Å²) in [6, 6.07) is 4.87. The Kier molecular flexibility index (Phi) is 3.37. The molecule has 1 fully saturated rings. The lowest BCUT2D eigenvalue weighted by Crippen LogP contribution is -2.36. The van der Waals surface area contributed by atoms with Gasteiger partial charge in [-0.05, 0) is 56.0 Å². The third-order valence-corrected chi connectivity index (χ3v) is 4.92. The molecule has 1 aliphatic carbocycles. The lowest BCUT2D eigenvalue weighted by atomic mass is 9.91. The Morgan fingerprint density at radius 3 is 3.05 bits per heavy atom. The van der Waals surface area contributed by atoms with Gasteiger partial charge in [-0.3, -0.25) is 4.79 Å². The van der Waals surface area contributed by atoms with E-state index >= 15 is 0 Å². The summed E-state index contributed by atoms with van der Waals surface area (Å²) < 4.78 is 13.5. The van der Waals surface area contributed by atoms with E-state index < -0.39 is 0 Å². The van der Waals surface area contributed by atoms with Gasteiger partial charge in [0.25, 0.3) is 0 Å². The summed E-state index contributed by atoms with van der Waals surface area (Å²) in [5.41, 5.74) is 3.18. The van der Waals surface area contributed by atoms with E-state index in [9.17, 15) is 9.18 Å². The van der Waals surface area contributed by atoms with Crippen molar-refractivity contribution in [2.24, 2.45) is 5.92 Å². The molecule has 4 nitrogen and oxygen atoms in total. The van der Waals surface area contributed by atoms with Crippen LogP contribution in [0.1, 0.15) is 36.6 Å². The Morgan fingerprint density at radius 2 is 2.23 bits per heavy atom. The van der Waals surface area contributed by atoms with Gasteiger partial charge in [-0.15, -0.1) is 0 Å². The molecule has 3 N–H and O–H groups in total. The van der Waals surface area contributed by atoms with Crippen molar-refractivity contribution in [2.45, 2.75) is 31.7 Å². The van der Waals surface area contributed by atoms with Gasteiger partial charge in [0.05, 0.1) is 12.0 Å². The number of aromatic nitrogens is 1. The van der Waals surface area contributed by atoms with E-state index in [1.807, 2.05) is 0 Å². The lowest BCUT2D eigenvalue weighted by Gasteiger charge is -2.25. The van der Waals surface area contributed by atoms with Gasteiger partial charge in [-0.2, -0.15) is 0 Å². The second-order valence-corrected chi connectivity index (χ2v) is 6.35. The number of nitrogens with one attached hydrogen (secondary N) is 3. The third-order valence-electron chi connectivity index (χ3n) is 4.92. The van der Waals surface area contributed by atoms with Gasteiger partial charge < -0.3 is 15.6 Å². The van der Waals surface area contributed by atoms with Crippen molar-refractivity contribution in [1.29, 1.82) is 0 Å². The Morgan fingerprint density at radius 1 is 1.32 bits per heavy atom. The van der Waals surface area contributed by atoms with Crippen LogP contribution in [-0.2, 0) is 11.2 Å². The molecule has 22 heavy (non-hydrogen) atoms. The first-order valence-electron chi connectivity index (χ1n) is 8.03. The van der Waals surface area contributed by atoms with Gasteiger partial charge in [0.15, 0.2) is 0 Å². The molecule has 4 rings (SSSR count). The number of halogens is 1. The predicted octanol–water partition coefficient (Wildman–Crippen LogP) is 2.41. The van der Waals surface area contributed by atoms with E-state index in [0.29, 0.717) is 0 Å². The molecule has 0 radical (unpaired) electrons. The Balaban J connectivity index is 1.64. The van der Waals surface area contributed by atoms with Crippen LogP contribution < -0.4 is 10.6 Å². The second kappa shape index (κ2) is 5.39. The zero-order chi connectivity index (χ0) is 15.1. The monoisotopic (exact) mass is 301 g/mol. The second-order valence-electron chi connectivity index (χ2n) is 6.35. The first-order chi connectivity index (χ1) is 10.7. The Hall–Kier alpha value is -1.88. The minimum absolute atomic E-state index is 0.0207. The van der Waals surface area contributed by atoms with E-state index in [0.717, 1.165) is 60.9 Å². The minimum atomic E-state index is -0.211. The number of hydrogen-bond acceptors (Lipinski definition) is 2. The number of aryl methyl sites for hydroxylation is 1. The fourth-order valence-corrected chi connectivity index (χ4v) is 3.75. The number of rotatable bonds is 2. The molecule has 1 aromatic carbocycles. The molecule has 1 saturated heterocycles. The molecule has 2 unspecified atom stereocenters. The van der Waals surface area contributed by atoms with E-state index in [4.69, 9.17) is 0 Å². The largest absolute Gasteiger partial charge is 0.356 e. The van der Waals surface area contributed by atoms with Crippen LogP contribution >= 0.6 is 0 Å². The van der Waals surface area contributed by atoms with E-state index in [1.165, 1.54) is 6.07 Å². The van der Waals surface area contributed by atoms with Crippen molar-refractivity contribution >= 4 is 16.8 Å².